The highest BCUT2D eigenvalue weighted by Gasteiger charge is 2.36. The zero-order chi connectivity index (χ0) is 15.0. The van der Waals surface area contributed by atoms with E-state index in [4.69, 9.17) is 0 Å². The van der Waals surface area contributed by atoms with E-state index in [0.29, 0.717) is 30.5 Å². The lowest BCUT2D eigenvalue weighted by Gasteiger charge is -2.34. The minimum Gasteiger partial charge on any atom is -0.338 e. The van der Waals surface area contributed by atoms with E-state index in [1.807, 2.05) is 0 Å². The Morgan fingerprint density at radius 3 is 2.82 bits per heavy atom. The lowest BCUT2D eigenvalue weighted by Crippen LogP contribution is -2.43. The van der Waals surface area contributed by atoms with Crippen molar-refractivity contribution in [2.75, 3.05) is 26.2 Å². The molecule has 1 amide bonds. The molecule has 2 unspecified atom stereocenters. The Balaban J connectivity index is 0.00000176. The van der Waals surface area contributed by atoms with Crippen molar-refractivity contribution in [3.05, 3.63) is 39.4 Å². The van der Waals surface area contributed by atoms with Gasteiger partial charge in [0.2, 0.25) is 0 Å². The molecule has 1 aromatic rings. The summed E-state index contributed by atoms with van der Waals surface area (Å²) in [6, 6.07) is 4.78. The summed E-state index contributed by atoms with van der Waals surface area (Å²) in [5, 5.41) is 14.5. The van der Waals surface area contributed by atoms with Crippen LogP contribution in [0.25, 0.3) is 0 Å². The fraction of sp³-hybridized carbons (Fsp3) is 0.533. The van der Waals surface area contributed by atoms with Crippen LogP contribution in [-0.2, 0) is 0 Å². The second-order valence-electron chi connectivity index (χ2n) is 5.94. The fourth-order valence-electron chi connectivity index (χ4n) is 3.46. The first kappa shape index (κ1) is 16.7. The number of benzene rings is 1. The molecule has 22 heavy (non-hydrogen) atoms. The summed E-state index contributed by atoms with van der Waals surface area (Å²) in [5.74, 6) is 0.914. The second kappa shape index (κ2) is 6.62. The van der Waals surface area contributed by atoms with Crippen molar-refractivity contribution in [3.63, 3.8) is 0 Å². The first-order valence-electron chi connectivity index (χ1n) is 7.32. The molecule has 1 aromatic carbocycles. The van der Waals surface area contributed by atoms with Gasteiger partial charge < -0.3 is 10.2 Å². The van der Waals surface area contributed by atoms with Gasteiger partial charge in [0.25, 0.3) is 11.6 Å². The Labute approximate surface area is 135 Å². The average Bonchev–Trinajstić information content (AvgIpc) is 2.93. The van der Waals surface area contributed by atoms with Gasteiger partial charge in [-0.3, -0.25) is 14.9 Å². The zero-order valence-electron chi connectivity index (χ0n) is 12.4. The molecule has 2 heterocycles. The van der Waals surface area contributed by atoms with Gasteiger partial charge in [0, 0.05) is 19.2 Å². The standard InChI is InChI=1S/C15H19N3O3.ClH/c1-10-3-2-4-13(18(20)21)14(10)15(19)17-6-5-11-7-16-8-12(11)9-17;/h2-4,11-12,16H,5-9H2,1H3;1H. The van der Waals surface area contributed by atoms with Gasteiger partial charge in [-0.05, 0) is 43.8 Å². The van der Waals surface area contributed by atoms with Crippen molar-refractivity contribution in [1.29, 1.82) is 0 Å². The number of likely N-dealkylation sites (tertiary alicyclic amines) is 1. The van der Waals surface area contributed by atoms with Gasteiger partial charge in [0.1, 0.15) is 5.56 Å². The Morgan fingerprint density at radius 1 is 1.36 bits per heavy atom. The average molecular weight is 326 g/mol. The molecule has 0 aromatic heterocycles. The van der Waals surface area contributed by atoms with Crippen molar-refractivity contribution in [1.82, 2.24) is 10.2 Å². The lowest BCUT2D eigenvalue weighted by atomic mass is 9.88. The van der Waals surface area contributed by atoms with E-state index in [2.05, 4.69) is 5.32 Å². The molecule has 120 valence electrons. The number of rotatable bonds is 2. The largest absolute Gasteiger partial charge is 0.338 e. The van der Waals surface area contributed by atoms with Crippen LogP contribution in [0.1, 0.15) is 22.3 Å². The van der Waals surface area contributed by atoms with E-state index in [1.165, 1.54) is 6.07 Å². The maximum Gasteiger partial charge on any atom is 0.282 e. The molecule has 2 saturated heterocycles. The zero-order valence-corrected chi connectivity index (χ0v) is 13.3. The summed E-state index contributed by atoms with van der Waals surface area (Å²) in [6.07, 6.45) is 0.975. The van der Waals surface area contributed by atoms with Gasteiger partial charge in [-0.15, -0.1) is 12.4 Å². The number of halogens is 1. The summed E-state index contributed by atoms with van der Waals surface area (Å²) in [6.45, 7) is 5.10. The van der Waals surface area contributed by atoms with E-state index >= 15 is 0 Å². The molecule has 0 bridgehead atoms. The molecule has 0 aliphatic carbocycles. The third-order valence-corrected chi connectivity index (χ3v) is 4.65. The van der Waals surface area contributed by atoms with Crippen LogP contribution in [0, 0.1) is 28.9 Å². The minimum absolute atomic E-state index is 0. The summed E-state index contributed by atoms with van der Waals surface area (Å²) in [5.41, 5.74) is 0.819. The Hall–Kier alpha value is -1.66. The van der Waals surface area contributed by atoms with Crippen molar-refractivity contribution < 1.29 is 9.72 Å². The Morgan fingerprint density at radius 2 is 2.09 bits per heavy atom. The molecule has 0 spiro atoms. The van der Waals surface area contributed by atoms with E-state index in [0.717, 1.165) is 19.5 Å². The second-order valence-corrected chi connectivity index (χ2v) is 5.94. The lowest BCUT2D eigenvalue weighted by molar-refractivity contribution is -0.385. The Bertz CT molecular complexity index is 593. The smallest absolute Gasteiger partial charge is 0.282 e. The van der Waals surface area contributed by atoms with E-state index in [-0.39, 0.29) is 29.6 Å². The number of amides is 1. The van der Waals surface area contributed by atoms with E-state index in [9.17, 15) is 14.9 Å². The highest BCUT2D eigenvalue weighted by Crippen LogP contribution is 2.30. The van der Waals surface area contributed by atoms with Gasteiger partial charge in [0.15, 0.2) is 0 Å². The minimum atomic E-state index is -0.468. The van der Waals surface area contributed by atoms with Crippen LogP contribution in [0.5, 0.6) is 0 Å². The molecular formula is C15H20ClN3O3. The number of nitro benzene ring substituents is 1. The maximum absolute atomic E-state index is 12.7. The van der Waals surface area contributed by atoms with E-state index < -0.39 is 4.92 Å². The molecule has 2 aliphatic heterocycles. The van der Waals surface area contributed by atoms with Crippen molar-refractivity contribution in [2.45, 2.75) is 13.3 Å². The van der Waals surface area contributed by atoms with Crippen LogP contribution in [-0.4, -0.2) is 41.9 Å². The summed E-state index contributed by atoms with van der Waals surface area (Å²) in [7, 11) is 0. The van der Waals surface area contributed by atoms with Crippen LogP contribution < -0.4 is 5.32 Å². The molecule has 3 rings (SSSR count). The predicted molar refractivity (Wildman–Crippen MR) is 85.5 cm³/mol. The number of piperidine rings is 1. The number of carbonyl (C=O) groups is 1. The normalized spacial score (nSPS) is 23.6. The number of hydrogen-bond acceptors (Lipinski definition) is 4. The van der Waals surface area contributed by atoms with Crippen LogP contribution >= 0.6 is 12.4 Å². The summed E-state index contributed by atoms with van der Waals surface area (Å²) < 4.78 is 0. The summed E-state index contributed by atoms with van der Waals surface area (Å²) in [4.78, 5) is 25.2. The van der Waals surface area contributed by atoms with Gasteiger partial charge in [-0.1, -0.05) is 12.1 Å². The van der Waals surface area contributed by atoms with Crippen molar-refractivity contribution >= 4 is 24.0 Å². The molecule has 1 N–H and O–H groups in total. The van der Waals surface area contributed by atoms with Crippen LogP contribution in [0.4, 0.5) is 5.69 Å². The van der Waals surface area contributed by atoms with Crippen LogP contribution in [0.15, 0.2) is 18.2 Å². The SMILES string of the molecule is Cc1cccc([N+](=O)[O-])c1C(=O)N1CCC2CNCC2C1.Cl. The first-order chi connectivity index (χ1) is 10.1. The van der Waals surface area contributed by atoms with Gasteiger partial charge in [0.05, 0.1) is 4.92 Å². The highest BCUT2D eigenvalue weighted by molar-refractivity contribution is 5.99. The number of carbonyl (C=O) groups excluding carboxylic acids is 1. The number of nitrogens with zero attached hydrogens (tertiary/aromatic N) is 2. The van der Waals surface area contributed by atoms with Crippen LogP contribution in [0.2, 0.25) is 0 Å². The molecule has 2 fully saturated rings. The third-order valence-electron chi connectivity index (χ3n) is 4.65. The topological polar surface area (TPSA) is 75.5 Å². The maximum atomic E-state index is 12.7. The molecule has 7 heteroatoms. The number of fused-ring (bicyclic) bond motifs is 1. The third kappa shape index (κ3) is 2.94. The van der Waals surface area contributed by atoms with Crippen molar-refractivity contribution in [3.8, 4) is 0 Å². The number of aryl methyl sites for hydroxylation is 1. The van der Waals surface area contributed by atoms with Crippen LogP contribution in [0.3, 0.4) is 0 Å². The molecule has 0 radical (unpaired) electrons. The number of nitro groups is 1. The monoisotopic (exact) mass is 325 g/mol. The molecule has 2 aliphatic rings. The fourth-order valence-corrected chi connectivity index (χ4v) is 3.46. The number of hydrogen-bond donors (Lipinski definition) is 1. The van der Waals surface area contributed by atoms with Crippen molar-refractivity contribution in [2.24, 2.45) is 11.8 Å². The van der Waals surface area contributed by atoms with Gasteiger partial charge in [-0.25, -0.2) is 0 Å². The summed E-state index contributed by atoms with van der Waals surface area (Å²) >= 11 is 0. The van der Waals surface area contributed by atoms with E-state index in [1.54, 1.807) is 24.0 Å². The highest BCUT2D eigenvalue weighted by atomic mass is 35.5. The Kier molecular flexibility index (Phi) is 5.03. The predicted octanol–water partition coefficient (Wildman–Crippen LogP) is 2.01. The molecular weight excluding hydrogens is 306 g/mol. The number of nitrogens with one attached hydrogen (secondary N) is 1. The van der Waals surface area contributed by atoms with Gasteiger partial charge in [-0.2, -0.15) is 0 Å². The molecule has 2 atom stereocenters. The molecule has 6 nitrogen and oxygen atoms in total. The molecule has 0 saturated carbocycles. The quantitative estimate of drug-likeness (QED) is 0.666. The van der Waals surface area contributed by atoms with Gasteiger partial charge >= 0.3 is 0 Å². The first-order valence-corrected chi connectivity index (χ1v) is 7.32.